The van der Waals surface area contributed by atoms with Crippen molar-refractivity contribution in [2.24, 2.45) is 20.5 Å². The van der Waals surface area contributed by atoms with E-state index in [4.69, 9.17) is 5.73 Å². The van der Waals surface area contributed by atoms with Crippen molar-refractivity contribution in [2.45, 2.75) is 16.7 Å². The molecule has 6 aromatic carbocycles. The van der Waals surface area contributed by atoms with Crippen molar-refractivity contribution in [1.82, 2.24) is 0 Å². The van der Waals surface area contributed by atoms with E-state index in [-0.39, 0.29) is 22.4 Å². The fourth-order valence-electron chi connectivity index (χ4n) is 5.13. The third-order valence-corrected chi connectivity index (χ3v) is 9.25. The number of nitrogen functional groups attached to an aromatic ring is 1. The molecule has 0 radical (unpaired) electrons. The van der Waals surface area contributed by atoms with Crippen molar-refractivity contribution in [3.8, 4) is 5.75 Å². The fraction of sp³-hybridized carbons (Fsp3) is 0.0294. The van der Waals surface area contributed by atoms with Gasteiger partial charge in [-0.15, -0.1) is 15.3 Å². The van der Waals surface area contributed by atoms with Crippen LogP contribution in [0, 0.1) is 6.92 Å². The van der Waals surface area contributed by atoms with Crippen LogP contribution in [-0.4, -0.2) is 37.0 Å². The SMILES string of the molecule is Cc1cc(NC(=O)c2ccc(N)cc2)ccc1N=Nc1ccc(N=Nc2cc(S(=O)(=O)O)cc3cc(S(=O)(=O)O)cc(O)c23)c2ccccc12. The highest BCUT2D eigenvalue weighted by atomic mass is 32.2. The molecule has 0 saturated heterocycles. The van der Waals surface area contributed by atoms with E-state index in [0.717, 1.165) is 29.8 Å². The summed E-state index contributed by atoms with van der Waals surface area (Å²) in [6.07, 6.45) is 0. The number of amides is 1. The van der Waals surface area contributed by atoms with Crippen LogP contribution in [-0.2, 0) is 20.2 Å². The molecule has 16 heteroatoms. The molecule has 14 nitrogen and oxygen atoms in total. The molecule has 1 amide bonds. The minimum atomic E-state index is -4.79. The van der Waals surface area contributed by atoms with Gasteiger partial charge in [0.1, 0.15) is 5.75 Å². The van der Waals surface area contributed by atoms with E-state index in [0.29, 0.717) is 44.8 Å². The monoisotopic (exact) mass is 710 g/mol. The molecule has 0 spiro atoms. The van der Waals surface area contributed by atoms with Crippen molar-refractivity contribution in [3.05, 3.63) is 114 Å². The number of benzene rings is 6. The van der Waals surface area contributed by atoms with Crippen molar-refractivity contribution < 1.29 is 35.8 Å². The van der Waals surface area contributed by atoms with Crippen LogP contribution in [0.25, 0.3) is 21.5 Å². The van der Waals surface area contributed by atoms with E-state index >= 15 is 0 Å². The normalized spacial score (nSPS) is 12.3. The second kappa shape index (κ2) is 13.1. The zero-order chi connectivity index (χ0) is 35.8. The summed E-state index contributed by atoms with van der Waals surface area (Å²) in [4.78, 5) is 11.3. The summed E-state index contributed by atoms with van der Waals surface area (Å²) in [6.45, 7) is 1.83. The summed E-state index contributed by atoms with van der Waals surface area (Å²) in [5.41, 5.74) is 9.23. The topological polar surface area (TPSA) is 234 Å². The first-order chi connectivity index (χ1) is 23.7. The lowest BCUT2D eigenvalue weighted by molar-refractivity contribution is 0.102. The molecular formula is C34H26N6O8S2. The van der Waals surface area contributed by atoms with Gasteiger partial charge in [-0.2, -0.15) is 21.9 Å². The standard InChI is InChI=1S/C34H26N6O8S2/c1-19-14-23(36-34(42)20-6-8-22(35)9-7-20)10-11-28(19)37-38-29-12-13-30(27-5-3-2-4-26(27)29)39-40-31-17-24(49(43,44)45)15-21-16-25(50(46,47)48)18-32(41)33(21)31/h2-18,41H,35H2,1H3,(H,36,42)(H,43,44,45)(H,46,47,48). The van der Waals surface area contributed by atoms with Crippen LogP contribution in [0.4, 0.5) is 34.1 Å². The second-order valence-electron chi connectivity index (χ2n) is 11.1. The highest BCUT2D eigenvalue weighted by Crippen LogP contribution is 2.40. The number of carbonyl (C=O) groups is 1. The molecule has 0 aliphatic carbocycles. The molecule has 6 rings (SSSR count). The zero-order valence-electron chi connectivity index (χ0n) is 25.9. The van der Waals surface area contributed by atoms with Gasteiger partial charge in [-0.05, 0) is 90.7 Å². The highest BCUT2D eigenvalue weighted by molar-refractivity contribution is 7.86. The predicted molar refractivity (Wildman–Crippen MR) is 188 cm³/mol. The first-order valence-corrected chi connectivity index (χ1v) is 17.4. The second-order valence-corrected chi connectivity index (χ2v) is 13.9. The Balaban J connectivity index is 1.32. The van der Waals surface area contributed by atoms with E-state index in [1.54, 1.807) is 78.9 Å². The Morgan fingerprint density at radius 1 is 0.660 bits per heavy atom. The molecular weight excluding hydrogens is 685 g/mol. The third-order valence-electron chi connectivity index (χ3n) is 7.59. The van der Waals surface area contributed by atoms with Gasteiger partial charge >= 0.3 is 0 Å². The lowest BCUT2D eigenvalue weighted by Gasteiger charge is -2.09. The Bertz CT molecular complexity index is 2620. The molecule has 0 saturated carbocycles. The third kappa shape index (κ3) is 7.18. The van der Waals surface area contributed by atoms with Crippen LogP contribution >= 0.6 is 0 Å². The molecule has 0 aromatic heterocycles. The minimum Gasteiger partial charge on any atom is -0.507 e. The highest BCUT2D eigenvalue weighted by Gasteiger charge is 2.20. The van der Waals surface area contributed by atoms with Gasteiger partial charge in [0.15, 0.2) is 0 Å². The van der Waals surface area contributed by atoms with Gasteiger partial charge in [0.05, 0.1) is 37.9 Å². The molecule has 6 aromatic rings. The van der Waals surface area contributed by atoms with E-state index in [9.17, 15) is 35.8 Å². The number of phenolic OH excluding ortho intramolecular Hbond substituents is 1. The first kappa shape index (κ1) is 33.8. The molecule has 0 unspecified atom stereocenters. The molecule has 252 valence electrons. The summed E-state index contributed by atoms with van der Waals surface area (Å²) in [5, 5.41) is 31.8. The zero-order valence-corrected chi connectivity index (χ0v) is 27.5. The lowest BCUT2D eigenvalue weighted by Crippen LogP contribution is -2.11. The van der Waals surface area contributed by atoms with Gasteiger partial charge in [-0.1, -0.05) is 24.3 Å². The van der Waals surface area contributed by atoms with Crippen LogP contribution in [0.2, 0.25) is 0 Å². The number of nitrogens with one attached hydrogen (secondary N) is 1. The fourth-order valence-corrected chi connectivity index (χ4v) is 6.21. The number of nitrogens with two attached hydrogens (primary N) is 1. The van der Waals surface area contributed by atoms with Crippen molar-refractivity contribution in [1.29, 1.82) is 0 Å². The minimum absolute atomic E-state index is 0.0746. The number of azo groups is 2. The van der Waals surface area contributed by atoms with Gasteiger partial charge in [0, 0.05) is 33.8 Å². The van der Waals surface area contributed by atoms with Gasteiger partial charge < -0.3 is 16.2 Å². The van der Waals surface area contributed by atoms with Gasteiger partial charge in [0.2, 0.25) is 0 Å². The maximum Gasteiger partial charge on any atom is 0.294 e. The Labute approximate surface area is 285 Å². The van der Waals surface area contributed by atoms with Crippen LogP contribution < -0.4 is 11.1 Å². The van der Waals surface area contributed by atoms with Crippen molar-refractivity contribution in [3.63, 3.8) is 0 Å². The average molecular weight is 711 g/mol. The summed E-state index contributed by atoms with van der Waals surface area (Å²) >= 11 is 0. The Morgan fingerprint density at radius 3 is 1.74 bits per heavy atom. The number of aromatic hydroxyl groups is 1. The molecule has 0 aliphatic heterocycles. The quantitative estimate of drug-likeness (QED) is 0.0581. The summed E-state index contributed by atoms with van der Waals surface area (Å²) in [6, 6.07) is 25.7. The lowest BCUT2D eigenvalue weighted by atomic mass is 10.1. The van der Waals surface area contributed by atoms with E-state index in [1.165, 1.54) is 0 Å². The summed E-state index contributed by atoms with van der Waals surface area (Å²) < 4.78 is 66.6. The van der Waals surface area contributed by atoms with Gasteiger partial charge in [-0.25, -0.2) is 0 Å². The Kier molecular flexibility index (Phi) is 8.85. The number of rotatable bonds is 8. The number of carbonyl (C=O) groups excluding carboxylic acids is 1. The van der Waals surface area contributed by atoms with E-state index < -0.39 is 35.8 Å². The van der Waals surface area contributed by atoms with Gasteiger partial charge in [0.25, 0.3) is 26.1 Å². The number of hydrogen-bond donors (Lipinski definition) is 5. The predicted octanol–water partition coefficient (Wildman–Crippen LogP) is 8.17. The molecule has 6 N–H and O–H groups in total. The maximum atomic E-state index is 12.6. The van der Waals surface area contributed by atoms with Crippen LogP contribution in [0.1, 0.15) is 15.9 Å². The average Bonchev–Trinajstić information content (AvgIpc) is 3.06. The smallest absolute Gasteiger partial charge is 0.294 e. The largest absolute Gasteiger partial charge is 0.507 e. The van der Waals surface area contributed by atoms with E-state index in [1.807, 2.05) is 6.92 Å². The number of nitrogens with zero attached hydrogens (tertiary/aromatic N) is 4. The molecule has 0 fully saturated rings. The number of aryl methyl sites for hydroxylation is 1. The molecule has 0 bridgehead atoms. The molecule has 0 heterocycles. The Hall–Kier alpha value is -6.07. The summed E-state index contributed by atoms with van der Waals surface area (Å²) in [7, 11) is -9.56. The maximum absolute atomic E-state index is 12.6. The van der Waals surface area contributed by atoms with Crippen LogP contribution in [0.3, 0.4) is 0 Å². The molecule has 0 atom stereocenters. The summed E-state index contributed by atoms with van der Waals surface area (Å²) in [5.74, 6) is -0.913. The van der Waals surface area contributed by atoms with Crippen LogP contribution in [0.5, 0.6) is 5.75 Å². The Morgan fingerprint density at radius 2 is 1.18 bits per heavy atom. The van der Waals surface area contributed by atoms with Crippen molar-refractivity contribution >= 4 is 81.8 Å². The number of phenols is 1. The number of fused-ring (bicyclic) bond motifs is 2. The van der Waals surface area contributed by atoms with Crippen molar-refractivity contribution in [2.75, 3.05) is 11.1 Å². The number of anilines is 2. The molecule has 50 heavy (non-hydrogen) atoms. The van der Waals surface area contributed by atoms with Crippen LogP contribution in [0.15, 0.2) is 133 Å². The first-order valence-electron chi connectivity index (χ1n) is 14.6. The van der Waals surface area contributed by atoms with E-state index in [2.05, 4.69) is 25.8 Å². The molecule has 0 aliphatic rings. The van der Waals surface area contributed by atoms with Gasteiger partial charge in [-0.3, -0.25) is 13.9 Å². The number of hydrogen-bond acceptors (Lipinski definition) is 11.